The molecule has 1 aliphatic carbocycles. The second-order valence-electron chi connectivity index (χ2n) is 6.06. The average Bonchev–Trinajstić information content (AvgIpc) is 2.62. The van der Waals surface area contributed by atoms with Crippen LogP contribution in [0.5, 0.6) is 0 Å². The van der Waals surface area contributed by atoms with Crippen molar-refractivity contribution in [3.63, 3.8) is 0 Å². The summed E-state index contributed by atoms with van der Waals surface area (Å²) in [6, 6.07) is 18.1. The van der Waals surface area contributed by atoms with Crippen molar-refractivity contribution in [2.24, 2.45) is 0 Å². The molecule has 1 aliphatic rings. The monoisotopic (exact) mass is 314 g/mol. The van der Waals surface area contributed by atoms with E-state index in [-0.39, 0.29) is 5.91 Å². The molecular weight excluding hydrogens is 296 g/mol. The van der Waals surface area contributed by atoms with Crippen LogP contribution in [-0.2, 0) is 19.4 Å². The van der Waals surface area contributed by atoms with Gasteiger partial charge in [-0.2, -0.15) is 0 Å². The number of rotatable bonds is 4. The number of benzene rings is 2. The maximum absolute atomic E-state index is 12.4. The Morgan fingerprint density at radius 2 is 1.75 bits per heavy atom. The third-order valence-electron chi connectivity index (χ3n) is 4.58. The lowest BCUT2D eigenvalue weighted by Gasteiger charge is -2.19. The number of carbonyl (C=O) groups excluding carboxylic acids is 1. The molecule has 3 nitrogen and oxygen atoms in total. The molecule has 1 N–H and O–H groups in total. The Morgan fingerprint density at radius 1 is 0.958 bits per heavy atom. The van der Waals surface area contributed by atoms with E-state index in [9.17, 15) is 4.79 Å². The minimum atomic E-state index is -0.0192. The Balaban J connectivity index is 1.52. The highest BCUT2D eigenvalue weighted by Crippen LogP contribution is 2.24. The lowest BCUT2D eigenvalue weighted by Crippen LogP contribution is -2.24. The first-order chi connectivity index (χ1) is 11.8. The van der Waals surface area contributed by atoms with Gasteiger partial charge in [0.05, 0.1) is 0 Å². The van der Waals surface area contributed by atoms with Gasteiger partial charge in [-0.05, 0) is 64.9 Å². The summed E-state index contributed by atoms with van der Waals surface area (Å²) in [6.45, 7) is 0.508. The Hall–Kier alpha value is -2.94. The highest BCUT2D eigenvalue weighted by molar-refractivity contribution is 5.94. The molecule has 0 saturated carbocycles. The summed E-state index contributed by atoms with van der Waals surface area (Å²) in [4.78, 5) is 16.5. The minimum absolute atomic E-state index is 0.0192. The minimum Gasteiger partial charge on any atom is -0.348 e. The van der Waals surface area contributed by atoms with Gasteiger partial charge in [0.1, 0.15) is 0 Å². The van der Waals surface area contributed by atoms with Crippen molar-refractivity contribution in [2.75, 3.05) is 0 Å². The van der Waals surface area contributed by atoms with Gasteiger partial charge < -0.3 is 5.32 Å². The molecule has 3 aromatic rings. The first-order valence-corrected chi connectivity index (χ1v) is 8.19. The molecule has 0 spiro atoms. The number of amides is 1. The van der Waals surface area contributed by atoms with Crippen LogP contribution in [0.2, 0.25) is 0 Å². The van der Waals surface area contributed by atoms with Crippen LogP contribution in [0.4, 0.5) is 0 Å². The Morgan fingerprint density at radius 3 is 2.50 bits per heavy atom. The highest BCUT2D eigenvalue weighted by atomic mass is 16.1. The van der Waals surface area contributed by atoms with E-state index in [1.807, 2.05) is 42.5 Å². The van der Waals surface area contributed by atoms with Gasteiger partial charge in [0.15, 0.2) is 0 Å². The third kappa shape index (κ3) is 2.81. The number of aromatic nitrogens is 1. The fourth-order valence-corrected chi connectivity index (χ4v) is 3.10. The largest absolute Gasteiger partial charge is 0.348 e. The molecule has 0 saturated heterocycles. The topological polar surface area (TPSA) is 42.0 Å². The third-order valence-corrected chi connectivity index (χ3v) is 4.58. The van der Waals surface area contributed by atoms with Crippen LogP contribution < -0.4 is 5.32 Å². The maximum atomic E-state index is 12.4. The molecule has 4 rings (SSSR count). The van der Waals surface area contributed by atoms with Crippen molar-refractivity contribution in [3.05, 3.63) is 89.2 Å². The van der Waals surface area contributed by atoms with Crippen LogP contribution >= 0.6 is 0 Å². The lowest BCUT2D eigenvalue weighted by atomic mass is 9.87. The fraction of sp³-hybridized carbons (Fsp3) is 0.143. The predicted molar refractivity (Wildman–Crippen MR) is 94.7 cm³/mol. The van der Waals surface area contributed by atoms with E-state index in [0.717, 1.165) is 35.1 Å². The van der Waals surface area contributed by atoms with Gasteiger partial charge in [-0.3, -0.25) is 9.78 Å². The van der Waals surface area contributed by atoms with Crippen molar-refractivity contribution in [1.29, 1.82) is 0 Å². The van der Waals surface area contributed by atoms with Gasteiger partial charge in [-0.15, -0.1) is 0 Å². The van der Waals surface area contributed by atoms with Crippen LogP contribution in [-0.4, -0.2) is 10.9 Å². The van der Waals surface area contributed by atoms with Crippen molar-refractivity contribution < 1.29 is 4.79 Å². The standard InChI is InChI=1S/C21H18N2O/c24-21(18-8-6-15-5-7-17(15)13-18)23-14-19-3-1-2-4-20(19)16-9-11-22-12-10-16/h1-4,6,8-13H,5,7,14H2,(H,23,24). The fourth-order valence-electron chi connectivity index (χ4n) is 3.10. The summed E-state index contributed by atoms with van der Waals surface area (Å²) in [7, 11) is 0. The van der Waals surface area contributed by atoms with Gasteiger partial charge in [-0.25, -0.2) is 0 Å². The second-order valence-corrected chi connectivity index (χ2v) is 6.06. The van der Waals surface area contributed by atoms with E-state index < -0.39 is 0 Å². The summed E-state index contributed by atoms with van der Waals surface area (Å²) in [6.07, 6.45) is 5.79. The van der Waals surface area contributed by atoms with Crippen molar-refractivity contribution >= 4 is 5.91 Å². The first-order valence-electron chi connectivity index (χ1n) is 8.19. The van der Waals surface area contributed by atoms with Gasteiger partial charge in [0.2, 0.25) is 0 Å². The number of hydrogen-bond acceptors (Lipinski definition) is 2. The molecule has 24 heavy (non-hydrogen) atoms. The molecule has 1 amide bonds. The number of nitrogens with one attached hydrogen (secondary N) is 1. The van der Waals surface area contributed by atoms with E-state index in [4.69, 9.17) is 0 Å². The zero-order valence-corrected chi connectivity index (χ0v) is 13.3. The second kappa shape index (κ2) is 6.28. The molecule has 0 radical (unpaired) electrons. The summed E-state index contributed by atoms with van der Waals surface area (Å²) < 4.78 is 0. The first kappa shape index (κ1) is 14.6. The van der Waals surface area contributed by atoms with E-state index in [2.05, 4.69) is 22.4 Å². The van der Waals surface area contributed by atoms with E-state index in [1.54, 1.807) is 12.4 Å². The van der Waals surface area contributed by atoms with Crippen LogP contribution in [0.3, 0.4) is 0 Å². The van der Waals surface area contributed by atoms with Crippen LogP contribution in [0.1, 0.15) is 27.0 Å². The van der Waals surface area contributed by atoms with Crippen LogP contribution in [0.15, 0.2) is 67.0 Å². The van der Waals surface area contributed by atoms with Crippen molar-refractivity contribution in [1.82, 2.24) is 10.3 Å². The number of fused-ring (bicyclic) bond motifs is 1. The molecule has 0 unspecified atom stereocenters. The Kier molecular flexibility index (Phi) is 3.83. The molecule has 118 valence electrons. The zero-order valence-electron chi connectivity index (χ0n) is 13.3. The Labute approximate surface area is 141 Å². The highest BCUT2D eigenvalue weighted by Gasteiger charge is 2.15. The average molecular weight is 314 g/mol. The molecule has 3 heteroatoms. The van der Waals surface area contributed by atoms with E-state index in [1.165, 1.54) is 11.1 Å². The predicted octanol–water partition coefficient (Wildman–Crippen LogP) is 3.78. The lowest BCUT2D eigenvalue weighted by molar-refractivity contribution is 0.0951. The normalized spacial score (nSPS) is 12.2. The molecule has 0 bridgehead atoms. The van der Waals surface area contributed by atoms with E-state index >= 15 is 0 Å². The zero-order chi connectivity index (χ0) is 16.4. The summed E-state index contributed by atoms with van der Waals surface area (Å²) >= 11 is 0. The SMILES string of the molecule is O=C(NCc1ccccc1-c1ccncc1)c1ccc2c(c1)CC2. The molecule has 1 aromatic heterocycles. The molecule has 1 heterocycles. The van der Waals surface area contributed by atoms with Gasteiger partial charge in [0, 0.05) is 24.5 Å². The number of nitrogens with zero attached hydrogens (tertiary/aromatic N) is 1. The molecule has 0 aliphatic heterocycles. The quantitative estimate of drug-likeness (QED) is 0.796. The smallest absolute Gasteiger partial charge is 0.251 e. The Bertz CT molecular complexity index is 887. The van der Waals surface area contributed by atoms with Crippen molar-refractivity contribution in [2.45, 2.75) is 19.4 Å². The molecule has 0 atom stereocenters. The van der Waals surface area contributed by atoms with E-state index in [0.29, 0.717) is 6.54 Å². The molecule has 2 aromatic carbocycles. The maximum Gasteiger partial charge on any atom is 0.251 e. The summed E-state index contributed by atoms with van der Waals surface area (Å²) in [5.74, 6) is -0.0192. The van der Waals surface area contributed by atoms with Gasteiger partial charge in [-0.1, -0.05) is 30.3 Å². The molecular formula is C21H18N2O. The van der Waals surface area contributed by atoms with Crippen LogP contribution in [0, 0.1) is 0 Å². The van der Waals surface area contributed by atoms with Crippen LogP contribution in [0.25, 0.3) is 11.1 Å². The van der Waals surface area contributed by atoms with Crippen molar-refractivity contribution in [3.8, 4) is 11.1 Å². The number of carbonyl (C=O) groups is 1. The molecule has 0 fully saturated rings. The number of hydrogen-bond donors (Lipinski definition) is 1. The summed E-state index contributed by atoms with van der Waals surface area (Å²) in [5.41, 5.74) is 6.75. The van der Waals surface area contributed by atoms with Gasteiger partial charge >= 0.3 is 0 Å². The summed E-state index contributed by atoms with van der Waals surface area (Å²) in [5, 5.41) is 3.04. The number of pyridine rings is 1. The number of aryl methyl sites for hydroxylation is 2. The van der Waals surface area contributed by atoms with Gasteiger partial charge in [0.25, 0.3) is 5.91 Å².